The Hall–Kier alpha value is -0.790. The lowest BCUT2D eigenvalue weighted by Crippen LogP contribution is -2.62. The molecule has 1 aromatic rings. The lowest BCUT2D eigenvalue weighted by Gasteiger charge is -2.44. The first kappa shape index (κ1) is 19.5. The third-order valence-corrected chi connectivity index (χ3v) is 5.69. The Bertz CT molecular complexity index is 599. The first-order chi connectivity index (χ1) is 11.2. The van der Waals surface area contributed by atoms with Crippen LogP contribution in [0.2, 0.25) is 5.02 Å². The molecular weight excluding hydrogens is 350 g/mol. The quantitative estimate of drug-likeness (QED) is 0.613. The van der Waals surface area contributed by atoms with Gasteiger partial charge in [0.15, 0.2) is 0 Å². The Kier molecular flexibility index (Phi) is 6.20. The molecule has 134 valence electrons. The summed E-state index contributed by atoms with van der Waals surface area (Å²) >= 11 is 4.84. The number of halogens is 1. The number of esters is 1. The standard InChI is InChI=1S/C17H24ClNO4S/c1-5-23-15(20)9-12-8-13(18)6-7-14(12)17(10-22-11-17)19-24(21)16(2,3)4/h6-8,19H,5,9-11H2,1-4H3. The number of hydrogen-bond donors (Lipinski definition) is 1. The van der Waals surface area contributed by atoms with Gasteiger partial charge in [0.05, 0.1) is 26.2 Å². The van der Waals surface area contributed by atoms with E-state index in [9.17, 15) is 9.35 Å². The summed E-state index contributed by atoms with van der Waals surface area (Å²) in [6, 6.07) is 5.40. The third kappa shape index (κ3) is 4.43. The zero-order chi connectivity index (χ0) is 18.0. The second kappa shape index (κ2) is 7.62. The highest BCUT2D eigenvalue weighted by molar-refractivity contribution is 7.90. The van der Waals surface area contributed by atoms with Crippen molar-refractivity contribution < 1.29 is 18.8 Å². The molecule has 2 rings (SSSR count). The maximum atomic E-state index is 12.6. The topological polar surface area (TPSA) is 70.6 Å². The Balaban J connectivity index is 2.32. The molecule has 1 unspecified atom stereocenters. The molecule has 0 radical (unpaired) electrons. The van der Waals surface area contributed by atoms with E-state index in [1.165, 1.54) is 0 Å². The molecule has 0 amide bonds. The molecule has 1 saturated heterocycles. The molecule has 0 aliphatic carbocycles. The fourth-order valence-corrected chi connectivity index (χ4v) is 3.53. The number of nitrogens with one attached hydrogen (secondary N) is 1. The molecule has 1 heterocycles. The van der Waals surface area contributed by atoms with Crippen LogP contribution >= 0.6 is 11.6 Å². The summed E-state index contributed by atoms with van der Waals surface area (Å²) in [5.74, 6) is -0.312. The molecule has 0 aromatic heterocycles. The van der Waals surface area contributed by atoms with E-state index >= 15 is 0 Å². The van der Waals surface area contributed by atoms with Gasteiger partial charge in [-0.05, 0) is 51.0 Å². The second-order valence-electron chi connectivity index (χ2n) is 6.84. The maximum absolute atomic E-state index is 12.6. The Morgan fingerprint density at radius 1 is 1.46 bits per heavy atom. The molecule has 0 spiro atoms. The van der Waals surface area contributed by atoms with Gasteiger partial charge in [0.25, 0.3) is 0 Å². The van der Waals surface area contributed by atoms with Crippen LogP contribution < -0.4 is 4.72 Å². The Morgan fingerprint density at radius 2 is 2.12 bits per heavy atom. The molecule has 7 heteroatoms. The van der Waals surface area contributed by atoms with Gasteiger partial charge >= 0.3 is 5.97 Å². The van der Waals surface area contributed by atoms with Gasteiger partial charge in [-0.15, -0.1) is 4.72 Å². The number of benzene rings is 1. The van der Waals surface area contributed by atoms with Gasteiger partial charge in [0.2, 0.25) is 0 Å². The molecule has 0 saturated carbocycles. The highest BCUT2D eigenvalue weighted by Crippen LogP contribution is 2.35. The Labute approximate surface area is 151 Å². The van der Waals surface area contributed by atoms with Crippen molar-refractivity contribution in [2.24, 2.45) is 0 Å². The summed E-state index contributed by atoms with van der Waals surface area (Å²) in [6.45, 7) is 8.61. The SMILES string of the molecule is CCOC(=O)Cc1cc(Cl)ccc1C1(N[S+]([O-])C(C)(C)C)COC1. The van der Waals surface area contributed by atoms with E-state index < -0.39 is 21.6 Å². The van der Waals surface area contributed by atoms with Crippen molar-refractivity contribution in [2.75, 3.05) is 19.8 Å². The smallest absolute Gasteiger partial charge is 0.310 e. The van der Waals surface area contributed by atoms with Crippen molar-refractivity contribution in [1.82, 2.24) is 4.72 Å². The number of rotatable bonds is 6. The number of carbonyl (C=O) groups is 1. The third-order valence-electron chi connectivity index (χ3n) is 3.76. The van der Waals surface area contributed by atoms with E-state index in [1.54, 1.807) is 19.1 Å². The average Bonchev–Trinajstić information content (AvgIpc) is 2.42. The number of hydrogen-bond acceptors (Lipinski definition) is 5. The molecule has 0 bridgehead atoms. The van der Waals surface area contributed by atoms with Gasteiger partial charge in [-0.1, -0.05) is 17.7 Å². The van der Waals surface area contributed by atoms with Gasteiger partial charge < -0.3 is 14.0 Å². The summed E-state index contributed by atoms with van der Waals surface area (Å²) in [5, 5.41) is 0.547. The highest BCUT2D eigenvalue weighted by Gasteiger charge is 2.47. The highest BCUT2D eigenvalue weighted by atomic mass is 35.5. The van der Waals surface area contributed by atoms with Crippen molar-refractivity contribution in [3.8, 4) is 0 Å². The van der Waals surface area contributed by atoms with Gasteiger partial charge in [-0.25, -0.2) is 0 Å². The van der Waals surface area contributed by atoms with E-state index in [1.807, 2.05) is 26.8 Å². The van der Waals surface area contributed by atoms with Crippen molar-refractivity contribution in [1.29, 1.82) is 0 Å². The van der Waals surface area contributed by atoms with E-state index in [-0.39, 0.29) is 12.4 Å². The van der Waals surface area contributed by atoms with Crippen LogP contribution in [0, 0.1) is 0 Å². The molecule has 1 aromatic carbocycles. The van der Waals surface area contributed by atoms with E-state index in [4.69, 9.17) is 21.1 Å². The largest absolute Gasteiger partial charge is 0.598 e. The van der Waals surface area contributed by atoms with Crippen LogP contribution in [0.5, 0.6) is 0 Å². The molecular formula is C17H24ClNO4S. The summed E-state index contributed by atoms with van der Waals surface area (Å²) in [4.78, 5) is 11.9. The van der Waals surface area contributed by atoms with Crippen LogP contribution in [0.4, 0.5) is 0 Å². The normalized spacial score (nSPS) is 17.9. The average molecular weight is 374 g/mol. The number of ether oxygens (including phenoxy) is 2. The summed E-state index contributed by atoms with van der Waals surface area (Å²) in [7, 11) is 0. The molecule has 1 aliphatic rings. The second-order valence-corrected chi connectivity index (χ2v) is 9.24. The monoisotopic (exact) mass is 373 g/mol. The zero-order valence-corrected chi connectivity index (χ0v) is 16.1. The molecule has 1 aliphatic heterocycles. The minimum Gasteiger partial charge on any atom is -0.598 e. The summed E-state index contributed by atoms with van der Waals surface area (Å²) < 4.78 is 25.8. The van der Waals surface area contributed by atoms with E-state index in [0.29, 0.717) is 24.8 Å². The fourth-order valence-electron chi connectivity index (χ4n) is 2.45. The van der Waals surface area contributed by atoms with Crippen LogP contribution in [-0.4, -0.2) is 35.1 Å². The Morgan fingerprint density at radius 3 is 2.62 bits per heavy atom. The molecule has 1 fully saturated rings. The maximum Gasteiger partial charge on any atom is 0.310 e. The van der Waals surface area contributed by atoms with Gasteiger partial charge in [0, 0.05) is 16.4 Å². The lowest BCUT2D eigenvalue weighted by molar-refractivity contribution is -0.142. The molecule has 24 heavy (non-hydrogen) atoms. The van der Waals surface area contributed by atoms with E-state index in [2.05, 4.69) is 4.72 Å². The first-order valence-electron chi connectivity index (χ1n) is 7.90. The van der Waals surface area contributed by atoms with Crippen LogP contribution in [-0.2, 0) is 37.6 Å². The van der Waals surface area contributed by atoms with Gasteiger partial charge in [-0.2, -0.15) is 0 Å². The van der Waals surface area contributed by atoms with E-state index in [0.717, 1.165) is 11.1 Å². The summed E-state index contributed by atoms with van der Waals surface area (Å²) in [5.41, 5.74) is 1.07. The minimum absolute atomic E-state index is 0.120. The minimum atomic E-state index is -1.26. The first-order valence-corrected chi connectivity index (χ1v) is 9.43. The van der Waals surface area contributed by atoms with Crippen molar-refractivity contribution in [2.45, 2.75) is 44.4 Å². The molecule has 5 nitrogen and oxygen atoms in total. The predicted molar refractivity (Wildman–Crippen MR) is 95.3 cm³/mol. The number of carbonyl (C=O) groups excluding carboxylic acids is 1. The zero-order valence-electron chi connectivity index (χ0n) is 14.5. The van der Waals surface area contributed by atoms with Crippen molar-refractivity contribution in [3.63, 3.8) is 0 Å². The van der Waals surface area contributed by atoms with Crippen molar-refractivity contribution in [3.05, 3.63) is 34.3 Å². The molecule has 1 N–H and O–H groups in total. The molecule has 1 atom stereocenters. The van der Waals surface area contributed by atoms with Crippen LogP contribution in [0.15, 0.2) is 18.2 Å². The summed E-state index contributed by atoms with van der Waals surface area (Å²) in [6.07, 6.45) is 0.120. The fraction of sp³-hybridized carbons (Fsp3) is 0.588. The van der Waals surface area contributed by atoms with Crippen LogP contribution in [0.3, 0.4) is 0 Å². The van der Waals surface area contributed by atoms with Gasteiger partial charge in [-0.3, -0.25) is 4.79 Å². The lowest BCUT2D eigenvalue weighted by atomic mass is 9.85. The van der Waals surface area contributed by atoms with Crippen molar-refractivity contribution >= 4 is 28.9 Å². The van der Waals surface area contributed by atoms with Crippen LogP contribution in [0.1, 0.15) is 38.8 Å². The van der Waals surface area contributed by atoms with Crippen LogP contribution in [0.25, 0.3) is 0 Å². The van der Waals surface area contributed by atoms with Gasteiger partial charge in [0.1, 0.15) is 10.3 Å². The predicted octanol–water partition coefficient (Wildman–Crippen LogP) is 2.72.